The van der Waals surface area contributed by atoms with E-state index in [4.69, 9.17) is 4.74 Å². The van der Waals surface area contributed by atoms with E-state index in [1.165, 1.54) is 17.5 Å². The maximum absolute atomic E-state index is 5.23. The third kappa shape index (κ3) is 6.04. The van der Waals surface area contributed by atoms with Crippen LogP contribution in [0.2, 0.25) is 0 Å². The fraction of sp³-hybridized carbons (Fsp3) is 0.647. The molecule has 0 saturated heterocycles. The number of ether oxygens (including phenoxy) is 1. The fourth-order valence-electron chi connectivity index (χ4n) is 2.26. The molecule has 1 aromatic carbocycles. The first-order valence-electron chi connectivity index (χ1n) is 7.72. The van der Waals surface area contributed by atoms with Crippen LogP contribution in [0.1, 0.15) is 38.3 Å². The van der Waals surface area contributed by atoms with Gasteiger partial charge in [0, 0.05) is 32.8 Å². The van der Waals surface area contributed by atoms with Gasteiger partial charge in [-0.05, 0) is 31.0 Å². The second-order valence-corrected chi connectivity index (χ2v) is 5.32. The standard InChI is InChI=1S/C17H30N2O/c1-5-15(3)19(10-11-20-4)14-17-9-7-8-16(12-17)13-18-6-2/h7-9,12,15,18H,5-6,10-11,13-14H2,1-4H3. The third-order valence-corrected chi connectivity index (χ3v) is 3.75. The Balaban J connectivity index is 2.66. The van der Waals surface area contributed by atoms with Gasteiger partial charge < -0.3 is 10.1 Å². The van der Waals surface area contributed by atoms with Crippen LogP contribution in [0.3, 0.4) is 0 Å². The molecule has 1 atom stereocenters. The minimum atomic E-state index is 0.586. The van der Waals surface area contributed by atoms with Crippen LogP contribution >= 0.6 is 0 Å². The minimum absolute atomic E-state index is 0.586. The van der Waals surface area contributed by atoms with Crippen molar-refractivity contribution in [3.8, 4) is 0 Å². The highest BCUT2D eigenvalue weighted by Crippen LogP contribution is 2.12. The van der Waals surface area contributed by atoms with Gasteiger partial charge in [0.15, 0.2) is 0 Å². The van der Waals surface area contributed by atoms with E-state index >= 15 is 0 Å². The number of nitrogens with one attached hydrogen (secondary N) is 1. The van der Waals surface area contributed by atoms with Gasteiger partial charge in [-0.2, -0.15) is 0 Å². The number of hydrogen-bond donors (Lipinski definition) is 1. The number of nitrogens with zero attached hydrogens (tertiary/aromatic N) is 1. The summed E-state index contributed by atoms with van der Waals surface area (Å²) in [5, 5.41) is 3.38. The molecule has 1 aromatic rings. The summed E-state index contributed by atoms with van der Waals surface area (Å²) in [6.07, 6.45) is 1.17. The molecule has 0 heterocycles. The normalized spacial score (nSPS) is 12.8. The summed E-state index contributed by atoms with van der Waals surface area (Å²) >= 11 is 0. The van der Waals surface area contributed by atoms with Crippen LogP contribution in [0.4, 0.5) is 0 Å². The highest BCUT2D eigenvalue weighted by Gasteiger charge is 2.12. The molecule has 0 fully saturated rings. The molecule has 0 aromatic heterocycles. The van der Waals surface area contributed by atoms with Crippen molar-refractivity contribution in [2.45, 2.75) is 46.3 Å². The smallest absolute Gasteiger partial charge is 0.0589 e. The number of methoxy groups -OCH3 is 1. The van der Waals surface area contributed by atoms with Crippen molar-refractivity contribution in [3.05, 3.63) is 35.4 Å². The summed E-state index contributed by atoms with van der Waals surface area (Å²) in [6.45, 7) is 11.4. The van der Waals surface area contributed by atoms with E-state index in [9.17, 15) is 0 Å². The lowest BCUT2D eigenvalue weighted by atomic mass is 10.1. The van der Waals surface area contributed by atoms with Gasteiger partial charge in [-0.1, -0.05) is 38.1 Å². The van der Waals surface area contributed by atoms with E-state index < -0.39 is 0 Å². The number of rotatable bonds is 10. The zero-order valence-electron chi connectivity index (χ0n) is 13.5. The van der Waals surface area contributed by atoms with Gasteiger partial charge in [0.25, 0.3) is 0 Å². The van der Waals surface area contributed by atoms with Crippen LogP contribution in [-0.4, -0.2) is 37.7 Å². The Morgan fingerprint density at radius 2 is 2.00 bits per heavy atom. The molecule has 0 aliphatic rings. The summed E-state index contributed by atoms with van der Waals surface area (Å²) in [7, 11) is 1.77. The minimum Gasteiger partial charge on any atom is -0.383 e. The fourth-order valence-corrected chi connectivity index (χ4v) is 2.26. The first-order chi connectivity index (χ1) is 9.71. The van der Waals surface area contributed by atoms with Crippen molar-refractivity contribution in [2.75, 3.05) is 26.8 Å². The number of benzene rings is 1. The largest absolute Gasteiger partial charge is 0.383 e. The highest BCUT2D eigenvalue weighted by atomic mass is 16.5. The van der Waals surface area contributed by atoms with Gasteiger partial charge >= 0.3 is 0 Å². The van der Waals surface area contributed by atoms with Crippen molar-refractivity contribution in [1.82, 2.24) is 10.2 Å². The summed E-state index contributed by atoms with van der Waals surface area (Å²) < 4.78 is 5.23. The third-order valence-electron chi connectivity index (χ3n) is 3.75. The van der Waals surface area contributed by atoms with Crippen molar-refractivity contribution in [2.24, 2.45) is 0 Å². The molecule has 1 N–H and O–H groups in total. The Hall–Kier alpha value is -0.900. The van der Waals surface area contributed by atoms with Crippen molar-refractivity contribution >= 4 is 0 Å². The SMILES string of the molecule is CCNCc1cccc(CN(CCOC)C(C)CC)c1. The van der Waals surface area contributed by atoms with E-state index in [-0.39, 0.29) is 0 Å². The molecule has 1 unspecified atom stereocenters. The predicted molar refractivity (Wildman–Crippen MR) is 85.9 cm³/mol. The Kier molecular flexibility index (Phi) is 8.51. The van der Waals surface area contributed by atoms with E-state index in [1.54, 1.807) is 7.11 Å². The van der Waals surface area contributed by atoms with Crippen LogP contribution < -0.4 is 5.32 Å². The van der Waals surface area contributed by atoms with E-state index in [1.807, 2.05) is 0 Å². The van der Waals surface area contributed by atoms with Gasteiger partial charge in [-0.25, -0.2) is 0 Å². The first kappa shape index (κ1) is 17.2. The zero-order chi connectivity index (χ0) is 14.8. The second-order valence-electron chi connectivity index (χ2n) is 5.32. The monoisotopic (exact) mass is 278 g/mol. The Morgan fingerprint density at radius 1 is 1.25 bits per heavy atom. The zero-order valence-corrected chi connectivity index (χ0v) is 13.5. The lowest BCUT2D eigenvalue weighted by Gasteiger charge is -2.28. The maximum atomic E-state index is 5.23. The van der Waals surface area contributed by atoms with Gasteiger partial charge in [0.2, 0.25) is 0 Å². The summed E-state index contributed by atoms with van der Waals surface area (Å²) in [5.41, 5.74) is 2.75. The van der Waals surface area contributed by atoms with Crippen molar-refractivity contribution in [3.63, 3.8) is 0 Å². The van der Waals surface area contributed by atoms with Crippen LogP contribution in [0.15, 0.2) is 24.3 Å². The number of hydrogen-bond acceptors (Lipinski definition) is 3. The molecule has 1 rings (SSSR count). The molecule has 3 nitrogen and oxygen atoms in total. The van der Waals surface area contributed by atoms with Crippen LogP contribution in [0, 0.1) is 0 Å². The van der Waals surface area contributed by atoms with Crippen molar-refractivity contribution in [1.29, 1.82) is 0 Å². The molecular weight excluding hydrogens is 248 g/mol. The van der Waals surface area contributed by atoms with Crippen LogP contribution in [0.5, 0.6) is 0 Å². The second kappa shape index (κ2) is 9.92. The summed E-state index contributed by atoms with van der Waals surface area (Å²) in [5.74, 6) is 0. The molecule has 0 spiro atoms. The molecule has 20 heavy (non-hydrogen) atoms. The Bertz CT molecular complexity index is 368. The Labute approximate surface area is 124 Å². The molecule has 0 aliphatic heterocycles. The average molecular weight is 278 g/mol. The van der Waals surface area contributed by atoms with Gasteiger partial charge in [-0.3, -0.25) is 4.90 Å². The predicted octanol–water partition coefficient (Wildman–Crippen LogP) is 3.04. The molecule has 3 heteroatoms. The Morgan fingerprint density at radius 3 is 2.65 bits per heavy atom. The maximum Gasteiger partial charge on any atom is 0.0589 e. The molecule has 114 valence electrons. The quantitative estimate of drug-likeness (QED) is 0.712. The summed E-state index contributed by atoms with van der Waals surface area (Å²) in [6, 6.07) is 9.47. The van der Waals surface area contributed by atoms with E-state index in [0.29, 0.717) is 6.04 Å². The summed E-state index contributed by atoms with van der Waals surface area (Å²) in [4.78, 5) is 2.50. The van der Waals surface area contributed by atoms with Gasteiger partial charge in [-0.15, -0.1) is 0 Å². The molecule has 0 radical (unpaired) electrons. The topological polar surface area (TPSA) is 24.5 Å². The lowest BCUT2D eigenvalue weighted by Crippen LogP contribution is -2.34. The van der Waals surface area contributed by atoms with Crippen LogP contribution in [0.25, 0.3) is 0 Å². The van der Waals surface area contributed by atoms with E-state index in [2.05, 4.69) is 55.3 Å². The van der Waals surface area contributed by atoms with E-state index in [0.717, 1.165) is 32.8 Å². The first-order valence-corrected chi connectivity index (χ1v) is 7.72. The molecular formula is C17H30N2O. The van der Waals surface area contributed by atoms with Crippen molar-refractivity contribution < 1.29 is 4.74 Å². The van der Waals surface area contributed by atoms with Gasteiger partial charge in [0.1, 0.15) is 0 Å². The highest BCUT2D eigenvalue weighted by molar-refractivity contribution is 5.23. The average Bonchev–Trinajstić information content (AvgIpc) is 2.49. The molecule has 0 saturated carbocycles. The lowest BCUT2D eigenvalue weighted by molar-refractivity contribution is 0.118. The molecule has 0 aliphatic carbocycles. The van der Waals surface area contributed by atoms with Crippen LogP contribution in [-0.2, 0) is 17.8 Å². The van der Waals surface area contributed by atoms with Gasteiger partial charge in [0.05, 0.1) is 6.61 Å². The molecule has 0 amide bonds. The molecule has 0 bridgehead atoms.